The van der Waals surface area contributed by atoms with Crippen molar-refractivity contribution in [3.05, 3.63) is 148 Å². The van der Waals surface area contributed by atoms with Crippen LogP contribution >= 0.6 is 11.8 Å². The smallest absolute Gasteiger partial charge is 0.263 e. The predicted octanol–water partition coefficient (Wildman–Crippen LogP) is 7.12. The van der Waals surface area contributed by atoms with E-state index in [-0.39, 0.29) is 28.7 Å². The molecule has 1 atom stereocenters. The normalized spacial score (nSPS) is 15.6. The van der Waals surface area contributed by atoms with Gasteiger partial charge in [0.05, 0.1) is 28.7 Å². The monoisotopic (exact) mass is 571 g/mol. The molecule has 6 heteroatoms. The zero-order chi connectivity index (χ0) is 29.1. The number of fused-ring (bicyclic) bond motifs is 3. The van der Waals surface area contributed by atoms with Crippen molar-refractivity contribution in [3.63, 3.8) is 0 Å². The molecule has 6 rings (SSSR count). The molecule has 0 aliphatic heterocycles. The number of carbonyl (C=O) groups excluding carboxylic acids is 1. The minimum absolute atomic E-state index is 0.0700. The lowest BCUT2D eigenvalue weighted by molar-refractivity contribution is -0.119. The van der Waals surface area contributed by atoms with Crippen LogP contribution in [0.25, 0.3) is 16.9 Å². The fourth-order valence-corrected chi connectivity index (χ4v) is 6.66. The molecule has 1 aliphatic rings. The highest BCUT2D eigenvalue weighted by molar-refractivity contribution is 7.99. The van der Waals surface area contributed by atoms with E-state index in [0.717, 1.165) is 46.5 Å². The second kappa shape index (κ2) is 11.8. The molecule has 5 nitrogen and oxygen atoms in total. The summed E-state index contributed by atoms with van der Waals surface area (Å²) < 4.78 is 1.69. The van der Waals surface area contributed by atoms with Gasteiger partial charge in [-0.2, -0.15) is 0 Å². The van der Waals surface area contributed by atoms with E-state index in [1.54, 1.807) is 4.57 Å². The first-order valence-corrected chi connectivity index (χ1v) is 15.3. The third kappa shape index (κ3) is 5.30. The predicted molar refractivity (Wildman–Crippen MR) is 170 cm³/mol. The largest absolute Gasteiger partial charge is 0.344 e. The second-order valence-corrected chi connectivity index (χ2v) is 11.9. The molecular weight excluding hydrogens is 538 g/mol. The quantitative estimate of drug-likeness (QED) is 0.159. The molecule has 1 aliphatic carbocycles. The molecule has 1 amide bonds. The van der Waals surface area contributed by atoms with Gasteiger partial charge in [-0.15, -0.1) is 0 Å². The zero-order valence-corrected chi connectivity index (χ0v) is 24.6. The first-order chi connectivity index (χ1) is 20.5. The van der Waals surface area contributed by atoms with Crippen molar-refractivity contribution >= 4 is 17.7 Å². The molecule has 0 spiro atoms. The van der Waals surface area contributed by atoms with Gasteiger partial charge in [0.15, 0.2) is 5.16 Å². The van der Waals surface area contributed by atoms with Crippen molar-refractivity contribution in [2.24, 2.45) is 0 Å². The number of amides is 1. The van der Waals surface area contributed by atoms with Crippen LogP contribution in [0.15, 0.2) is 125 Å². The number of carbonyl (C=O) groups is 1. The molecular formula is C36H33N3O2S. The van der Waals surface area contributed by atoms with Gasteiger partial charge in [-0.25, -0.2) is 4.98 Å². The van der Waals surface area contributed by atoms with Gasteiger partial charge in [-0.3, -0.25) is 14.2 Å². The maximum absolute atomic E-state index is 14.4. The third-order valence-electron chi connectivity index (χ3n) is 8.21. The number of benzene rings is 4. The lowest BCUT2D eigenvalue weighted by Gasteiger charge is -2.35. The van der Waals surface area contributed by atoms with Gasteiger partial charge < -0.3 is 5.32 Å². The average Bonchev–Trinajstić information content (AvgIpc) is 3.03. The fourth-order valence-electron chi connectivity index (χ4n) is 5.84. The van der Waals surface area contributed by atoms with Gasteiger partial charge in [0.1, 0.15) is 0 Å². The van der Waals surface area contributed by atoms with Crippen LogP contribution in [0.4, 0.5) is 0 Å². The third-order valence-corrected chi connectivity index (χ3v) is 9.15. The van der Waals surface area contributed by atoms with Crippen LogP contribution in [-0.2, 0) is 16.6 Å². The lowest BCUT2D eigenvalue weighted by Crippen LogP contribution is -2.39. The molecule has 4 aromatic carbocycles. The molecule has 210 valence electrons. The molecule has 0 saturated carbocycles. The summed E-state index contributed by atoms with van der Waals surface area (Å²) in [5, 5.41) is 3.72. The molecule has 0 bridgehead atoms. The minimum Gasteiger partial charge on any atom is -0.344 e. The van der Waals surface area contributed by atoms with Crippen LogP contribution in [0, 0.1) is 0 Å². The number of hydrogen-bond donors (Lipinski definition) is 1. The molecule has 1 aromatic heterocycles. The summed E-state index contributed by atoms with van der Waals surface area (Å²) in [4.78, 5) is 33.1. The SMILES string of the molecule is CCC1(C)Cc2ccccc2-c2nc(SCC(=O)NC(c3ccccc3)c3ccccc3)n(-c3ccccc3)c(=O)c21. The van der Waals surface area contributed by atoms with Crippen LogP contribution in [-0.4, -0.2) is 21.2 Å². The number of rotatable bonds is 8. The van der Waals surface area contributed by atoms with Gasteiger partial charge in [-0.1, -0.05) is 129 Å². The number of hydrogen-bond acceptors (Lipinski definition) is 4. The van der Waals surface area contributed by atoms with E-state index in [1.807, 2.05) is 109 Å². The van der Waals surface area contributed by atoms with Crippen LogP contribution in [0.1, 0.15) is 48.6 Å². The van der Waals surface area contributed by atoms with E-state index in [2.05, 4.69) is 25.2 Å². The van der Waals surface area contributed by atoms with Crippen molar-refractivity contribution in [2.75, 3.05) is 5.75 Å². The van der Waals surface area contributed by atoms with E-state index in [4.69, 9.17) is 4.98 Å². The molecule has 1 unspecified atom stereocenters. The molecule has 1 heterocycles. The summed E-state index contributed by atoms with van der Waals surface area (Å²) in [6.45, 7) is 4.29. The molecule has 0 radical (unpaired) electrons. The van der Waals surface area contributed by atoms with Crippen LogP contribution in [0.3, 0.4) is 0 Å². The Bertz CT molecular complexity index is 1730. The maximum atomic E-state index is 14.4. The molecule has 1 N–H and O–H groups in total. The molecule has 0 saturated heterocycles. The summed E-state index contributed by atoms with van der Waals surface area (Å²) >= 11 is 1.29. The number of para-hydroxylation sites is 1. The van der Waals surface area contributed by atoms with Gasteiger partial charge >= 0.3 is 0 Å². The van der Waals surface area contributed by atoms with Crippen LogP contribution in [0.5, 0.6) is 0 Å². The molecule has 5 aromatic rings. The topological polar surface area (TPSA) is 64.0 Å². The zero-order valence-electron chi connectivity index (χ0n) is 23.8. The van der Waals surface area contributed by atoms with Crippen molar-refractivity contribution < 1.29 is 4.79 Å². The summed E-state index contributed by atoms with van der Waals surface area (Å²) in [7, 11) is 0. The van der Waals surface area contributed by atoms with Gasteiger partial charge in [0.25, 0.3) is 5.56 Å². The summed E-state index contributed by atoms with van der Waals surface area (Å²) in [6, 6.07) is 37.4. The highest BCUT2D eigenvalue weighted by Crippen LogP contribution is 2.43. The average molecular weight is 572 g/mol. The molecule has 0 fully saturated rings. The summed E-state index contributed by atoms with van der Waals surface area (Å²) in [5.41, 5.74) is 6.00. The number of nitrogens with zero attached hydrogens (tertiary/aromatic N) is 2. The summed E-state index contributed by atoms with van der Waals surface area (Å²) in [5.74, 6) is -0.0240. The van der Waals surface area contributed by atoms with E-state index in [0.29, 0.717) is 5.16 Å². The standard InChI is InChI=1S/C36H33N3O2S/c1-3-36(2)23-27-19-13-14-22-29(27)33-31(36)34(41)39(28-20-11-6-12-21-28)35(38-33)42-24-30(40)37-32(25-15-7-4-8-16-25)26-17-9-5-10-18-26/h4-22,32H,3,23-24H2,1-2H3,(H,37,40). The summed E-state index contributed by atoms with van der Waals surface area (Å²) in [6.07, 6.45) is 1.60. The number of nitrogens with one attached hydrogen (secondary N) is 1. The number of aromatic nitrogens is 2. The van der Waals surface area contributed by atoms with E-state index in [1.165, 1.54) is 17.3 Å². The highest BCUT2D eigenvalue weighted by Gasteiger charge is 2.38. The first-order valence-electron chi connectivity index (χ1n) is 14.3. The lowest BCUT2D eigenvalue weighted by atomic mass is 9.69. The Morgan fingerprint density at radius 2 is 1.45 bits per heavy atom. The van der Waals surface area contributed by atoms with Crippen molar-refractivity contribution in [1.29, 1.82) is 0 Å². The Labute approximate surface area is 250 Å². The van der Waals surface area contributed by atoms with Crippen molar-refractivity contribution in [2.45, 2.75) is 43.3 Å². The van der Waals surface area contributed by atoms with Crippen molar-refractivity contribution in [1.82, 2.24) is 14.9 Å². The molecule has 42 heavy (non-hydrogen) atoms. The minimum atomic E-state index is -0.344. The van der Waals surface area contributed by atoms with Gasteiger partial charge in [0.2, 0.25) is 5.91 Å². The Balaban J connectivity index is 1.39. The van der Waals surface area contributed by atoms with Gasteiger partial charge in [0, 0.05) is 11.0 Å². The Hall–Kier alpha value is -4.42. The Kier molecular flexibility index (Phi) is 7.81. The maximum Gasteiger partial charge on any atom is 0.263 e. The first kappa shape index (κ1) is 27.7. The second-order valence-electron chi connectivity index (χ2n) is 11.0. The fraction of sp³-hybridized carbons (Fsp3) is 0.194. The van der Waals surface area contributed by atoms with Crippen LogP contribution < -0.4 is 10.9 Å². The highest BCUT2D eigenvalue weighted by atomic mass is 32.2. The van der Waals surface area contributed by atoms with E-state index in [9.17, 15) is 9.59 Å². The van der Waals surface area contributed by atoms with E-state index >= 15 is 0 Å². The van der Waals surface area contributed by atoms with Crippen LogP contribution in [0.2, 0.25) is 0 Å². The van der Waals surface area contributed by atoms with Gasteiger partial charge in [-0.05, 0) is 41.7 Å². The Morgan fingerprint density at radius 3 is 2.07 bits per heavy atom. The Morgan fingerprint density at radius 1 is 0.881 bits per heavy atom. The number of thioether (sulfide) groups is 1. The van der Waals surface area contributed by atoms with E-state index < -0.39 is 0 Å². The van der Waals surface area contributed by atoms with Crippen molar-refractivity contribution in [3.8, 4) is 16.9 Å².